The van der Waals surface area contributed by atoms with Crippen LogP contribution in [0.5, 0.6) is 0 Å². The number of anilines is 1. The highest BCUT2D eigenvalue weighted by Gasteiger charge is 2.29. The van der Waals surface area contributed by atoms with E-state index in [4.69, 9.17) is 0 Å². The van der Waals surface area contributed by atoms with E-state index in [1.165, 1.54) is 12.1 Å². The molecular weight excluding hydrogens is 281 g/mol. The average Bonchev–Trinajstić information content (AvgIpc) is 2.43. The van der Waals surface area contributed by atoms with Gasteiger partial charge in [-0.05, 0) is 30.7 Å². The fourth-order valence-electron chi connectivity index (χ4n) is 1.79. The second-order valence-electron chi connectivity index (χ2n) is 4.81. The van der Waals surface area contributed by atoms with Crippen LogP contribution in [0, 0.1) is 0 Å². The van der Waals surface area contributed by atoms with Gasteiger partial charge in [-0.25, -0.2) is 0 Å². The van der Waals surface area contributed by atoms with Gasteiger partial charge in [-0.2, -0.15) is 13.2 Å². The Kier molecular flexibility index (Phi) is 7.05. The van der Waals surface area contributed by atoms with Gasteiger partial charge in [-0.3, -0.25) is 4.79 Å². The molecule has 1 aromatic carbocycles. The van der Waals surface area contributed by atoms with E-state index in [0.29, 0.717) is 25.2 Å². The van der Waals surface area contributed by atoms with Crippen molar-refractivity contribution in [2.75, 3.05) is 18.4 Å². The van der Waals surface area contributed by atoms with Crippen molar-refractivity contribution in [3.05, 3.63) is 29.8 Å². The number of nitrogens with one attached hydrogen (secondary N) is 2. The zero-order valence-corrected chi connectivity index (χ0v) is 12.1. The van der Waals surface area contributed by atoms with Crippen LogP contribution in [0.25, 0.3) is 0 Å². The number of unbranched alkanes of at least 4 members (excludes halogenated alkanes) is 2. The molecule has 0 saturated carbocycles. The van der Waals surface area contributed by atoms with Crippen LogP contribution in [0.1, 0.15) is 38.2 Å². The largest absolute Gasteiger partial charge is 0.416 e. The smallest absolute Gasteiger partial charge is 0.385 e. The molecule has 0 spiro atoms. The van der Waals surface area contributed by atoms with Crippen LogP contribution in [0.2, 0.25) is 0 Å². The molecule has 0 aliphatic carbocycles. The Morgan fingerprint density at radius 3 is 2.33 bits per heavy atom. The zero-order valence-electron chi connectivity index (χ0n) is 12.1. The number of hydrogen-bond acceptors (Lipinski definition) is 2. The van der Waals surface area contributed by atoms with Crippen LogP contribution in [-0.4, -0.2) is 19.0 Å². The molecule has 0 atom stereocenters. The number of halogens is 3. The van der Waals surface area contributed by atoms with Gasteiger partial charge in [0.15, 0.2) is 0 Å². The van der Waals surface area contributed by atoms with Crippen molar-refractivity contribution >= 4 is 11.6 Å². The van der Waals surface area contributed by atoms with Crippen molar-refractivity contribution < 1.29 is 18.0 Å². The first kappa shape index (κ1) is 17.3. The van der Waals surface area contributed by atoms with Gasteiger partial charge in [0, 0.05) is 25.2 Å². The van der Waals surface area contributed by atoms with E-state index in [2.05, 4.69) is 17.6 Å². The summed E-state index contributed by atoms with van der Waals surface area (Å²) >= 11 is 0. The van der Waals surface area contributed by atoms with Crippen molar-refractivity contribution in [1.29, 1.82) is 0 Å². The van der Waals surface area contributed by atoms with Gasteiger partial charge in [0.25, 0.3) is 0 Å². The molecule has 0 aliphatic rings. The third-order valence-corrected chi connectivity index (χ3v) is 3.00. The highest BCUT2D eigenvalue weighted by Crippen LogP contribution is 2.29. The minimum absolute atomic E-state index is 0.0504. The maximum absolute atomic E-state index is 12.4. The summed E-state index contributed by atoms with van der Waals surface area (Å²) in [7, 11) is 0. The molecule has 0 radical (unpaired) electrons. The number of amides is 1. The predicted molar refractivity (Wildman–Crippen MR) is 77.1 cm³/mol. The van der Waals surface area contributed by atoms with Crippen molar-refractivity contribution in [3.63, 3.8) is 0 Å². The molecule has 0 aromatic heterocycles. The Labute approximate surface area is 122 Å². The fourth-order valence-corrected chi connectivity index (χ4v) is 1.79. The molecule has 0 bridgehead atoms. The van der Waals surface area contributed by atoms with Crippen molar-refractivity contribution in [2.45, 2.75) is 38.8 Å². The molecule has 0 saturated heterocycles. The molecular formula is C15H21F3N2O. The van der Waals surface area contributed by atoms with E-state index in [1.807, 2.05) is 0 Å². The first-order valence-corrected chi connectivity index (χ1v) is 7.11. The van der Waals surface area contributed by atoms with E-state index in [9.17, 15) is 18.0 Å². The maximum atomic E-state index is 12.4. The lowest BCUT2D eigenvalue weighted by Crippen LogP contribution is -2.26. The summed E-state index contributed by atoms with van der Waals surface area (Å²) in [6.45, 7) is 3.16. The molecule has 0 heterocycles. The normalized spacial score (nSPS) is 11.2. The number of carbonyl (C=O) groups excluding carboxylic acids is 1. The quantitative estimate of drug-likeness (QED) is 0.717. The molecule has 3 nitrogen and oxygen atoms in total. The Balaban J connectivity index is 2.25. The lowest BCUT2D eigenvalue weighted by Gasteiger charge is -2.09. The summed E-state index contributed by atoms with van der Waals surface area (Å²) in [5.41, 5.74) is -0.108. The molecule has 118 valence electrons. The highest BCUT2D eigenvalue weighted by molar-refractivity contribution is 5.76. The van der Waals surface area contributed by atoms with E-state index in [-0.39, 0.29) is 5.91 Å². The van der Waals surface area contributed by atoms with Crippen LogP contribution in [-0.2, 0) is 11.0 Å². The van der Waals surface area contributed by atoms with Gasteiger partial charge in [0.1, 0.15) is 0 Å². The minimum atomic E-state index is -4.32. The van der Waals surface area contributed by atoms with Gasteiger partial charge in [-0.15, -0.1) is 0 Å². The van der Waals surface area contributed by atoms with Gasteiger partial charge >= 0.3 is 6.18 Å². The van der Waals surface area contributed by atoms with E-state index < -0.39 is 11.7 Å². The molecule has 0 unspecified atom stereocenters. The SMILES string of the molecule is CCCCCNC(=O)CCNc1ccc(C(F)(F)F)cc1. The maximum Gasteiger partial charge on any atom is 0.416 e. The monoisotopic (exact) mass is 302 g/mol. The van der Waals surface area contributed by atoms with Crippen LogP contribution < -0.4 is 10.6 Å². The molecule has 6 heteroatoms. The number of benzene rings is 1. The Hall–Kier alpha value is -1.72. The highest BCUT2D eigenvalue weighted by atomic mass is 19.4. The van der Waals surface area contributed by atoms with Gasteiger partial charge in [0.05, 0.1) is 5.56 Å². The van der Waals surface area contributed by atoms with Crippen LogP contribution >= 0.6 is 0 Å². The zero-order chi connectivity index (χ0) is 15.7. The number of alkyl halides is 3. The standard InChI is InChI=1S/C15H21F3N2O/c1-2-3-4-10-20-14(21)9-11-19-13-7-5-12(6-8-13)15(16,17)18/h5-8,19H,2-4,9-11H2,1H3,(H,20,21). The summed E-state index contributed by atoms with van der Waals surface area (Å²) in [4.78, 5) is 11.5. The summed E-state index contributed by atoms with van der Waals surface area (Å²) in [5, 5.41) is 5.73. The fraction of sp³-hybridized carbons (Fsp3) is 0.533. The molecule has 0 fully saturated rings. The van der Waals surface area contributed by atoms with E-state index >= 15 is 0 Å². The number of rotatable bonds is 8. The van der Waals surface area contributed by atoms with Crippen molar-refractivity contribution in [2.24, 2.45) is 0 Å². The predicted octanol–water partition coefficient (Wildman–Crippen LogP) is 3.81. The van der Waals surface area contributed by atoms with E-state index in [0.717, 1.165) is 31.4 Å². The molecule has 1 amide bonds. The molecule has 1 rings (SSSR count). The van der Waals surface area contributed by atoms with Crippen LogP contribution in [0.3, 0.4) is 0 Å². The second kappa shape index (κ2) is 8.54. The lowest BCUT2D eigenvalue weighted by molar-refractivity contribution is -0.137. The molecule has 2 N–H and O–H groups in total. The Morgan fingerprint density at radius 2 is 1.76 bits per heavy atom. The molecule has 21 heavy (non-hydrogen) atoms. The lowest BCUT2D eigenvalue weighted by atomic mass is 10.2. The van der Waals surface area contributed by atoms with Crippen molar-refractivity contribution in [3.8, 4) is 0 Å². The summed E-state index contributed by atoms with van der Waals surface area (Å²) in [6, 6.07) is 4.77. The second-order valence-corrected chi connectivity index (χ2v) is 4.81. The summed E-state index contributed by atoms with van der Waals surface area (Å²) < 4.78 is 37.1. The Bertz CT molecular complexity index is 430. The van der Waals surface area contributed by atoms with Crippen LogP contribution in [0.15, 0.2) is 24.3 Å². The Morgan fingerprint density at radius 1 is 1.10 bits per heavy atom. The number of carbonyl (C=O) groups is 1. The third kappa shape index (κ3) is 7.02. The summed E-state index contributed by atoms with van der Waals surface area (Å²) in [5.74, 6) is -0.0504. The van der Waals surface area contributed by atoms with Gasteiger partial charge in [-0.1, -0.05) is 19.8 Å². The van der Waals surface area contributed by atoms with Gasteiger partial charge < -0.3 is 10.6 Å². The van der Waals surface area contributed by atoms with Gasteiger partial charge in [0.2, 0.25) is 5.91 Å². The topological polar surface area (TPSA) is 41.1 Å². The first-order chi connectivity index (χ1) is 9.93. The van der Waals surface area contributed by atoms with Crippen molar-refractivity contribution in [1.82, 2.24) is 5.32 Å². The molecule has 1 aromatic rings. The molecule has 0 aliphatic heterocycles. The van der Waals surface area contributed by atoms with E-state index in [1.54, 1.807) is 0 Å². The third-order valence-electron chi connectivity index (χ3n) is 3.00. The summed E-state index contributed by atoms with van der Waals surface area (Å²) in [6.07, 6.45) is -0.867. The van der Waals surface area contributed by atoms with Crippen LogP contribution in [0.4, 0.5) is 18.9 Å². The first-order valence-electron chi connectivity index (χ1n) is 7.11. The minimum Gasteiger partial charge on any atom is -0.385 e. The number of hydrogen-bond donors (Lipinski definition) is 2. The average molecular weight is 302 g/mol.